The monoisotopic (exact) mass is 318 g/mol. The van der Waals surface area contributed by atoms with Gasteiger partial charge in [0.2, 0.25) is 0 Å². The SMILES string of the molecule is Cl.NCC(NC(=O)c1c(F)cccc1F)C1CCCCC1. The third-order valence-corrected chi connectivity index (χ3v) is 3.98. The second-order valence-corrected chi connectivity index (χ2v) is 5.31. The number of nitrogens with one attached hydrogen (secondary N) is 1. The topological polar surface area (TPSA) is 55.1 Å². The highest BCUT2D eigenvalue weighted by molar-refractivity contribution is 5.95. The van der Waals surface area contributed by atoms with Crippen LogP contribution in [0.1, 0.15) is 42.5 Å². The van der Waals surface area contributed by atoms with Gasteiger partial charge in [0.25, 0.3) is 5.91 Å². The van der Waals surface area contributed by atoms with E-state index in [2.05, 4.69) is 5.32 Å². The molecule has 21 heavy (non-hydrogen) atoms. The van der Waals surface area contributed by atoms with Gasteiger partial charge in [-0.25, -0.2) is 8.78 Å². The first-order valence-corrected chi connectivity index (χ1v) is 7.08. The van der Waals surface area contributed by atoms with Crippen LogP contribution in [0.15, 0.2) is 18.2 Å². The van der Waals surface area contributed by atoms with Gasteiger partial charge in [-0.2, -0.15) is 0 Å². The van der Waals surface area contributed by atoms with Crippen LogP contribution in [0.25, 0.3) is 0 Å². The van der Waals surface area contributed by atoms with Gasteiger partial charge >= 0.3 is 0 Å². The summed E-state index contributed by atoms with van der Waals surface area (Å²) >= 11 is 0. The molecule has 0 radical (unpaired) electrons. The molecular formula is C15H21ClF2N2O. The maximum atomic E-state index is 13.6. The van der Waals surface area contributed by atoms with Crippen molar-refractivity contribution in [2.45, 2.75) is 38.1 Å². The third-order valence-electron chi connectivity index (χ3n) is 3.98. The van der Waals surface area contributed by atoms with Gasteiger partial charge in [0.15, 0.2) is 0 Å². The van der Waals surface area contributed by atoms with E-state index in [0.717, 1.165) is 37.8 Å². The third kappa shape index (κ3) is 4.38. The summed E-state index contributed by atoms with van der Waals surface area (Å²) in [6.45, 7) is 0.284. The molecule has 0 bridgehead atoms. The van der Waals surface area contributed by atoms with Crippen LogP contribution in [0.5, 0.6) is 0 Å². The van der Waals surface area contributed by atoms with E-state index in [-0.39, 0.29) is 25.0 Å². The standard InChI is InChI=1S/C15H20F2N2O.ClH/c16-11-7-4-8-12(17)14(11)15(20)19-13(9-18)10-5-2-1-3-6-10;/h4,7-8,10,13H,1-3,5-6,9,18H2,(H,19,20);1H. The normalized spacial score (nSPS) is 16.9. The molecule has 0 aliphatic heterocycles. The summed E-state index contributed by atoms with van der Waals surface area (Å²) < 4.78 is 27.1. The van der Waals surface area contributed by atoms with Crippen LogP contribution in [-0.4, -0.2) is 18.5 Å². The number of benzene rings is 1. The van der Waals surface area contributed by atoms with Crippen LogP contribution in [0, 0.1) is 17.6 Å². The van der Waals surface area contributed by atoms with Gasteiger partial charge < -0.3 is 11.1 Å². The van der Waals surface area contributed by atoms with E-state index >= 15 is 0 Å². The van der Waals surface area contributed by atoms with Crippen molar-refractivity contribution in [1.29, 1.82) is 0 Å². The van der Waals surface area contributed by atoms with E-state index in [0.29, 0.717) is 5.92 Å². The lowest BCUT2D eigenvalue weighted by Crippen LogP contribution is -2.46. The van der Waals surface area contributed by atoms with Gasteiger partial charge in [-0.1, -0.05) is 25.3 Å². The Morgan fingerprint density at radius 2 is 1.81 bits per heavy atom. The predicted molar refractivity (Wildman–Crippen MR) is 80.5 cm³/mol. The zero-order valence-electron chi connectivity index (χ0n) is 11.8. The molecule has 0 spiro atoms. The van der Waals surface area contributed by atoms with Crippen LogP contribution < -0.4 is 11.1 Å². The molecule has 1 saturated carbocycles. The molecule has 1 aromatic rings. The Kier molecular flexibility index (Phi) is 7.05. The van der Waals surface area contributed by atoms with Crippen molar-refractivity contribution in [3.8, 4) is 0 Å². The number of amides is 1. The van der Waals surface area contributed by atoms with Crippen LogP contribution in [0.2, 0.25) is 0 Å². The molecule has 1 atom stereocenters. The number of nitrogens with two attached hydrogens (primary N) is 1. The first-order chi connectivity index (χ1) is 9.63. The molecule has 1 aliphatic carbocycles. The Hall–Kier alpha value is -1.20. The van der Waals surface area contributed by atoms with Crippen molar-refractivity contribution >= 4 is 18.3 Å². The number of carbonyl (C=O) groups is 1. The highest BCUT2D eigenvalue weighted by atomic mass is 35.5. The van der Waals surface area contributed by atoms with E-state index < -0.39 is 23.1 Å². The Labute approximate surface area is 129 Å². The number of hydrogen-bond acceptors (Lipinski definition) is 2. The van der Waals surface area contributed by atoms with Gasteiger partial charge in [0, 0.05) is 12.6 Å². The Morgan fingerprint density at radius 3 is 2.33 bits per heavy atom. The number of halogens is 3. The minimum absolute atomic E-state index is 0. The van der Waals surface area contributed by atoms with Crippen molar-refractivity contribution in [2.24, 2.45) is 11.7 Å². The van der Waals surface area contributed by atoms with Gasteiger partial charge in [0.05, 0.1) is 0 Å². The summed E-state index contributed by atoms with van der Waals surface area (Å²) in [5.41, 5.74) is 5.18. The van der Waals surface area contributed by atoms with Crippen molar-refractivity contribution in [3.05, 3.63) is 35.4 Å². The minimum atomic E-state index is -0.845. The lowest BCUT2D eigenvalue weighted by Gasteiger charge is -2.30. The summed E-state index contributed by atoms with van der Waals surface area (Å²) in [6, 6.07) is 3.18. The molecule has 3 nitrogen and oxygen atoms in total. The molecule has 118 valence electrons. The van der Waals surface area contributed by atoms with Crippen molar-refractivity contribution in [3.63, 3.8) is 0 Å². The zero-order chi connectivity index (χ0) is 14.5. The molecule has 1 unspecified atom stereocenters. The molecule has 0 aromatic heterocycles. The van der Waals surface area contributed by atoms with Crippen LogP contribution >= 0.6 is 12.4 Å². The second kappa shape index (κ2) is 8.29. The molecule has 0 saturated heterocycles. The molecule has 1 aromatic carbocycles. The molecule has 1 amide bonds. The average Bonchev–Trinajstić information content (AvgIpc) is 2.45. The number of hydrogen-bond donors (Lipinski definition) is 2. The Morgan fingerprint density at radius 1 is 1.24 bits per heavy atom. The molecular weight excluding hydrogens is 298 g/mol. The maximum Gasteiger partial charge on any atom is 0.257 e. The summed E-state index contributed by atoms with van der Waals surface area (Å²) in [7, 11) is 0. The van der Waals surface area contributed by atoms with E-state index in [9.17, 15) is 13.6 Å². The molecule has 1 fully saturated rings. The molecule has 0 heterocycles. The van der Waals surface area contributed by atoms with E-state index in [4.69, 9.17) is 5.73 Å². The molecule has 2 rings (SSSR count). The summed E-state index contributed by atoms with van der Waals surface area (Å²) in [5.74, 6) is -2.11. The number of carbonyl (C=O) groups excluding carboxylic acids is 1. The second-order valence-electron chi connectivity index (χ2n) is 5.31. The molecule has 3 N–H and O–H groups in total. The minimum Gasteiger partial charge on any atom is -0.348 e. The lowest BCUT2D eigenvalue weighted by atomic mass is 9.84. The lowest BCUT2D eigenvalue weighted by molar-refractivity contribution is 0.0907. The maximum absolute atomic E-state index is 13.6. The fourth-order valence-corrected chi connectivity index (χ4v) is 2.86. The van der Waals surface area contributed by atoms with Gasteiger partial charge in [-0.3, -0.25) is 4.79 Å². The van der Waals surface area contributed by atoms with Crippen LogP contribution in [0.3, 0.4) is 0 Å². The predicted octanol–water partition coefficient (Wildman–Crippen LogP) is 3.02. The first-order valence-electron chi connectivity index (χ1n) is 7.08. The molecule has 1 aliphatic rings. The summed E-state index contributed by atoms with van der Waals surface area (Å²) in [4.78, 5) is 12.1. The average molecular weight is 319 g/mol. The van der Waals surface area contributed by atoms with Crippen LogP contribution in [0.4, 0.5) is 8.78 Å². The van der Waals surface area contributed by atoms with Crippen molar-refractivity contribution in [2.75, 3.05) is 6.54 Å². The zero-order valence-corrected chi connectivity index (χ0v) is 12.6. The van der Waals surface area contributed by atoms with E-state index in [1.807, 2.05) is 0 Å². The molecule has 6 heteroatoms. The van der Waals surface area contributed by atoms with Gasteiger partial charge in [-0.05, 0) is 30.9 Å². The quantitative estimate of drug-likeness (QED) is 0.896. The van der Waals surface area contributed by atoms with Crippen LogP contribution in [-0.2, 0) is 0 Å². The Bertz CT molecular complexity index is 458. The fourth-order valence-electron chi connectivity index (χ4n) is 2.86. The van der Waals surface area contributed by atoms with E-state index in [1.54, 1.807) is 0 Å². The van der Waals surface area contributed by atoms with Gasteiger partial charge in [-0.15, -0.1) is 12.4 Å². The summed E-state index contributed by atoms with van der Waals surface area (Å²) in [5, 5.41) is 2.69. The smallest absolute Gasteiger partial charge is 0.257 e. The largest absolute Gasteiger partial charge is 0.348 e. The fraction of sp³-hybridized carbons (Fsp3) is 0.533. The van der Waals surface area contributed by atoms with Crippen molar-refractivity contribution in [1.82, 2.24) is 5.32 Å². The summed E-state index contributed by atoms with van der Waals surface area (Å²) in [6.07, 6.45) is 5.43. The number of rotatable bonds is 4. The first kappa shape index (κ1) is 17.9. The van der Waals surface area contributed by atoms with Crippen molar-refractivity contribution < 1.29 is 13.6 Å². The van der Waals surface area contributed by atoms with E-state index in [1.165, 1.54) is 12.5 Å². The van der Waals surface area contributed by atoms with Gasteiger partial charge in [0.1, 0.15) is 17.2 Å². The Balaban J connectivity index is 0.00000220. The highest BCUT2D eigenvalue weighted by Crippen LogP contribution is 2.26. The highest BCUT2D eigenvalue weighted by Gasteiger charge is 2.26.